The Morgan fingerprint density at radius 2 is 2.21 bits per heavy atom. The van der Waals surface area contributed by atoms with Crippen molar-refractivity contribution in [2.45, 2.75) is 6.04 Å². The van der Waals surface area contributed by atoms with E-state index in [1.807, 2.05) is 0 Å². The summed E-state index contributed by atoms with van der Waals surface area (Å²) in [4.78, 5) is 0. The van der Waals surface area contributed by atoms with Crippen LogP contribution in [0.4, 0.5) is 0 Å². The lowest BCUT2D eigenvalue weighted by atomic mass is 10.1. The summed E-state index contributed by atoms with van der Waals surface area (Å²) in [5.74, 6) is 0.0506. The number of hydrogen-bond acceptors (Lipinski definition) is 4. The maximum atomic E-state index is 9.53. The van der Waals surface area contributed by atoms with Gasteiger partial charge in [0.2, 0.25) is 0 Å². The summed E-state index contributed by atoms with van der Waals surface area (Å²) in [6, 6.07) is 2.53. The number of methoxy groups -OCH3 is 1. The van der Waals surface area contributed by atoms with Crippen LogP contribution in [0.25, 0.3) is 0 Å². The highest BCUT2D eigenvalue weighted by Gasteiger charge is 2.16. The third-order valence-electron chi connectivity index (χ3n) is 1.91. The van der Waals surface area contributed by atoms with Gasteiger partial charge >= 0.3 is 0 Å². The van der Waals surface area contributed by atoms with Gasteiger partial charge in [0.05, 0.1) is 24.8 Å². The second kappa shape index (κ2) is 4.50. The number of hydrogen-bond donors (Lipinski definition) is 3. The number of aliphatic hydroxyl groups is 1. The van der Waals surface area contributed by atoms with Crippen LogP contribution in [0.3, 0.4) is 0 Å². The molecule has 5 heteroatoms. The van der Waals surface area contributed by atoms with Crippen molar-refractivity contribution in [1.82, 2.24) is 0 Å². The first-order valence-corrected chi connectivity index (χ1v) is 4.41. The number of phenolic OH excluding ortho intramolecular Hbond substituents is 1. The average Bonchev–Trinajstić information content (AvgIpc) is 2.20. The lowest BCUT2D eigenvalue weighted by molar-refractivity contribution is 0.263. The molecule has 1 rings (SSSR count). The summed E-state index contributed by atoms with van der Waals surface area (Å²) < 4.78 is 4.95. The first-order chi connectivity index (χ1) is 6.61. The molecule has 0 aliphatic heterocycles. The Kier molecular flexibility index (Phi) is 3.57. The van der Waals surface area contributed by atoms with E-state index >= 15 is 0 Å². The van der Waals surface area contributed by atoms with Crippen molar-refractivity contribution in [2.24, 2.45) is 5.73 Å². The SMILES string of the molecule is COc1c(C(N)CO)ccc(Cl)c1O. The Labute approximate surface area is 86.9 Å². The summed E-state index contributed by atoms with van der Waals surface area (Å²) in [6.07, 6.45) is 0. The van der Waals surface area contributed by atoms with Gasteiger partial charge < -0.3 is 20.7 Å². The van der Waals surface area contributed by atoms with Crippen LogP contribution in [0.1, 0.15) is 11.6 Å². The molecule has 1 atom stereocenters. The van der Waals surface area contributed by atoms with Crippen LogP contribution in [0.5, 0.6) is 11.5 Å². The molecule has 1 unspecified atom stereocenters. The standard InChI is InChI=1S/C9H12ClNO3/c1-14-9-5(7(11)4-12)2-3-6(10)8(9)13/h2-3,7,12-13H,4,11H2,1H3. The number of aliphatic hydroxyl groups excluding tert-OH is 1. The van der Waals surface area contributed by atoms with Gasteiger partial charge in [-0.1, -0.05) is 17.7 Å². The third-order valence-corrected chi connectivity index (χ3v) is 2.22. The Balaban J connectivity index is 3.23. The van der Waals surface area contributed by atoms with E-state index < -0.39 is 6.04 Å². The van der Waals surface area contributed by atoms with Crippen LogP contribution >= 0.6 is 11.6 Å². The van der Waals surface area contributed by atoms with Crippen LogP contribution in [0, 0.1) is 0 Å². The van der Waals surface area contributed by atoms with Crippen molar-refractivity contribution in [2.75, 3.05) is 13.7 Å². The maximum Gasteiger partial charge on any atom is 0.177 e. The molecule has 0 aliphatic rings. The van der Waals surface area contributed by atoms with Gasteiger partial charge in [-0.05, 0) is 6.07 Å². The van der Waals surface area contributed by atoms with Crippen molar-refractivity contribution < 1.29 is 14.9 Å². The largest absolute Gasteiger partial charge is 0.503 e. The minimum absolute atomic E-state index is 0.157. The van der Waals surface area contributed by atoms with Gasteiger partial charge in [-0.25, -0.2) is 0 Å². The summed E-state index contributed by atoms with van der Waals surface area (Å²) in [6.45, 7) is -0.225. The molecule has 14 heavy (non-hydrogen) atoms. The number of nitrogens with two attached hydrogens (primary N) is 1. The van der Waals surface area contributed by atoms with E-state index in [1.54, 1.807) is 6.07 Å². The molecule has 0 aliphatic carbocycles. The number of halogens is 1. The number of benzene rings is 1. The van der Waals surface area contributed by atoms with Crippen molar-refractivity contribution in [3.05, 3.63) is 22.7 Å². The molecule has 4 N–H and O–H groups in total. The van der Waals surface area contributed by atoms with Crippen LogP contribution in [0.15, 0.2) is 12.1 Å². The Bertz CT molecular complexity index is 330. The lowest BCUT2D eigenvalue weighted by Crippen LogP contribution is -2.15. The third kappa shape index (κ3) is 1.92. The zero-order valence-corrected chi connectivity index (χ0v) is 8.45. The summed E-state index contributed by atoms with van der Waals surface area (Å²) in [5, 5.41) is 18.6. The minimum Gasteiger partial charge on any atom is -0.503 e. The molecule has 0 saturated heterocycles. The van der Waals surface area contributed by atoms with Gasteiger partial charge in [-0.3, -0.25) is 0 Å². The first kappa shape index (κ1) is 11.1. The lowest BCUT2D eigenvalue weighted by Gasteiger charge is -2.15. The zero-order chi connectivity index (χ0) is 10.7. The second-order valence-corrected chi connectivity index (χ2v) is 3.21. The van der Waals surface area contributed by atoms with Crippen molar-refractivity contribution in [3.63, 3.8) is 0 Å². The highest BCUT2D eigenvalue weighted by atomic mass is 35.5. The molecule has 4 nitrogen and oxygen atoms in total. The molecule has 0 fully saturated rings. The van der Waals surface area contributed by atoms with Crippen LogP contribution in [-0.4, -0.2) is 23.9 Å². The number of rotatable bonds is 3. The molecule has 1 aromatic rings. The second-order valence-electron chi connectivity index (χ2n) is 2.81. The summed E-state index contributed by atoms with van der Waals surface area (Å²) >= 11 is 5.68. The van der Waals surface area contributed by atoms with Crippen molar-refractivity contribution >= 4 is 11.6 Å². The van der Waals surface area contributed by atoms with E-state index in [9.17, 15) is 5.11 Å². The first-order valence-electron chi connectivity index (χ1n) is 4.03. The van der Waals surface area contributed by atoms with E-state index in [0.29, 0.717) is 5.56 Å². The monoisotopic (exact) mass is 217 g/mol. The predicted molar refractivity (Wildman–Crippen MR) is 53.7 cm³/mol. The topological polar surface area (TPSA) is 75.7 Å². The molecule has 0 spiro atoms. The summed E-state index contributed by atoms with van der Waals surface area (Å²) in [5.41, 5.74) is 6.13. The van der Waals surface area contributed by atoms with E-state index in [-0.39, 0.29) is 23.1 Å². The molecule has 1 aromatic carbocycles. The van der Waals surface area contributed by atoms with Gasteiger partial charge in [0.15, 0.2) is 11.5 Å². The molecule has 0 bridgehead atoms. The van der Waals surface area contributed by atoms with Gasteiger partial charge in [0.1, 0.15) is 0 Å². The van der Waals surface area contributed by atoms with Crippen LogP contribution < -0.4 is 10.5 Å². The van der Waals surface area contributed by atoms with Gasteiger partial charge in [-0.2, -0.15) is 0 Å². The minimum atomic E-state index is -0.590. The normalized spacial score (nSPS) is 12.6. The molecular formula is C9H12ClNO3. The van der Waals surface area contributed by atoms with Crippen LogP contribution in [0.2, 0.25) is 5.02 Å². The average molecular weight is 218 g/mol. The summed E-state index contributed by atoms with van der Waals surface area (Å²) in [7, 11) is 1.40. The number of aromatic hydroxyl groups is 1. The van der Waals surface area contributed by atoms with Gasteiger partial charge in [0, 0.05) is 5.56 Å². The van der Waals surface area contributed by atoms with Crippen molar-refractivity contribution in [3.8, 4) is 11.5 Å². The maximum absolute atomic E-state index is 9.53. The molecular weight excluding hydrogens is 206 g/mol. The Morgan fingerprint density at radius 3 is 2.71 bits per heavy atom. The Morgan fingerprint density at radius 1 is 1.57 bits per heavy atom. The fraction of sp³-hybridized carbons (Fsp3) is 0.333. The van der Waals surface area contributed by atoms with Gasteiger partial charge in [-0.15, -0.1) is 0 Å². The fourth-order valence-electron chi connectivity index (χ4n) is 1.17. The van der Waals surface area contributed by atoms with E-state index in [4.69, 9.17) is 27.2 Å². The Hall–Kier alpha value is -0.970. The zero-order valence-electron chi connectivity index (χ0n) is 7.70. The molecule has 0 radical (unpaired) electrons. The van der Waals surface area contributed by atoms with E-state index in [2.05, 4.69) is 0 Å². The smallest absolute Gasteiger partial charge is 0.177 e. The highest BCUT2D eigenvalue weighted by Crippen LogP contribution is 2.38. The molecule has 78 valence electrons. The van der Waals surface area contributed by atoms with E-state index in [1.165, 1.54) is 13.2 Å². The molecule has 0 heterocycles. The predicted octanol–water partition coefficient (Wildman–Crippen LogP) is 1.05. The number of ether oxygens (including phenoxy) is 1. The molecule has 0 saturated carbocycles. The van der Waals surface area contributed by atoms with Crippen molar-refractivity contribution in [1.29, 1.82) is 0 Å². The molecule has 0 aromatic heterocycles. The fourth-order valence-corrected chi connectivity index (χ4v) is 1.32. The number of phenols is 1. The van der Waals surface area contributed by atoms with Crippen LogP contribution in [-0.2, 0) is 0 Å². The quantitative estimate of drug-likeness (QED) is 0.707. The van der Waals surface area contributed by atoms with Gasteiger partial charge in [0.25, 0.3) is 0 Å². The molecule has 0 amide bonds. The highest BCUT2D eigenvalue weighted by molar-refractivity contribution is 6.32. The van der Waals surface area contributed by atoms with E-state index in [0.717, 1.165) is 0 Å².